The average molecular weight is 420 g/mol. The van der Waals surface area contributed by atoms with Crippen molar-refractivity contribution in [3.05, 3.63) is 81.9 Å². The third-order valence-electron chi connectivity index (χ3n) is 4.58. The summed E-state index contributed by atoms with van der Waals surface area (Å²) in [5, 5.41) is 15.9. The molecule has 0 bridgehead atoms. The van der Waals surface area contributed by atoms with Crippen LogP contribution in [0.3, 0.4) is 0 Å². The molecular formula is C21H20N6O2S. The zero-order chi connectivity index (χ0) is 21.1. The molecule has 2 N–H and O–H groups in total. The summed E-state index contributed by atoms with van der Waals surface area (Å²) in [4.78, 5) is 25.4. The minimum absolute atomic E-state index is 0.200. The van der Waals surface area contributed by atoms with Gasteiger partial charge in [-0.25, -0.2) is 0 Å². The Morgan fingerprint density at radius 3 is 2.70 bits per heavy atom. The SMILES string of the molecule is Cc1ccccc1Cn1cc(NC(=O)c2cc(NC(=O)c3cccs3)n(C)n2)cn1. The van der Waals surface area contributed by atoms with Crippen LogP contribution in [0, 0.1) is 6.92 Å². The van der Waals surface area contributed by atoms with E-state index in [-0.39, 0.29) is 17.5 Å². The summed E-state index contributed by atoms with van der Waals surface area (Å²) in [6, 6.07) is 13.2. The second-order valence-corrected chi connectivity index (χ2v) is 7.72. The van der Waals surface area contributed by atoms with Gasteiger partial charge in [-0.05, 0) is 29.5 Å². The Labute approximate surface area is 177 Å². The van der Waals surface area contributed by atoms with Crippen molar-refractivity contribution in [1.82, 2.24) is 19.6 Å². The quantitative estimate of drug-likeness (QED) is 0.499. The first kappa shape index (κ1) is 19.6. The summed E-state index contributed by atoms with van der Waals surface area (Å²) >= 11 is 1.34. The van der Waals surface area contributed by atoms with Crippen LogP contribution < -0.4 is 10.6 Å². The number of benzene rings is 1. The number of hydrogen-bond acceptors (Lipinski definition) is 5. The van der Waals surface area contributed by atoms with Crippen LogP contribution >= 0.6 is 11.3 Å². The molecule has 0 unspecified atom stereocenters. The van der Waals surface area contributed by atoms with Crippen molar-refractivity contribution in [2.24, 2.45) is 7.05 Å². The molecule has 0 aliphatic carbocycles. The topological polar surface area (TPSA) is 93.8 Å². The number of anilines is 2. The molecule has 4 rings (SSSR count). The molecule has 9 heteroatoms. The number of amides is 2. The number of hydrogen-bond donors (Lipinski definition) is 2. The molecular weight excluding hydrogens is 400 g/mol. The van der Waals surface area contributed by atoms with Crippen LogP contribution in [-0.4, -0.2) is 31.4 Å². The molecule has 0 saturated carbocycles. The minimum Gasteiger partial charge on any atom is -0.318 e. The number of nitrogens with one attached hydrogen (secondary N) is 2. The molecule has 30 heavy (non-hydrogen) atoms. The highest BCUT2D eigenvalue weighted by Gasteiger charge is 2.16. The summed E-state index contributed by atoms with van der Waals surface area (Å²) in [5.74, 6) is -0.177. The second-order valence-electron chi connectivity index (χ2n) is 6.78. The summed E-state index contributed by atoms with van der Waals surface area (Å²) in [5.41, 5.74) is 3.12. The average Bonchev–Trinajstić information content (AvgIpc) is 3.46. The first-order valence-electron chi connectivity index (χ1n) is 9.27. The number of carbonyl (C=O) groups is 2. The zero-order valence-electron chi connectivity index (χ0n) is 16.5. The largest absolute Gasteiger partial charge is 0.318 e. The van der Waals surface area contributed by atoms with Gasteiger partial charge in [-0.3, -0.25) is 19.0 Å². The Morgan fingerprint density at radius 1 is 1.10 bits per heavy atom. The molecule has 1 aromatic carbocycles. The summed E-state index contributed by atoms with van der Waals surface area (Å²) in [6.45, 7) is 2.67. The van der Waals surface area contributed by atoms with Crippen LogP contribution in [0.2, 0.25) is 0 Å². The maximum absolute atomic E-state index is 12.6. The van der Waals surface area contributed by atoms with E-state index in [0.29, 0.717) is 22.9 Å². The van der Waals surface area contributed by atoms with Crippen LogP contribution in [0.25, 0.3) is 0 Å². The molecule has 0 aliphatic heterocycles. The van der Waals surface area contributed by atoms with E-state index >= 15 is 0 Å². The van der Waals surface area contributed by atoms with E-state index in [1.165, 1.54) is 21.6 Å². The highest BCUT2D eigenvalue weighted by atomic mass is 32.1. The van der Waals surface area contributed by atoms with Gasteiger partial charge in [0.05, 0.1) is 23.3 Å². The van der Waals surface area contributed by atoms with E-state index in [1.807, 2.05) is 17.5 Å². The Hall–Kier alpha value is -3.72. The van der Waals surface area contributed by atoms with E-state index < -0.39 is 0 Å². The molecule has 0 radical (unpaired) electrons. The number of carbonyl (C=O) groups excluding carboxylic acids is 2. The molecule has 0 aliphatic rings. The lowest BCUT2D eigenvalue weighted by atomic mass is 10.1. The predicted molar refractivity (Wildman–Crippen MR) is 116 cm³/mol. The maximum Gasteiger partial charge on any atom is 0.276 e. The second kappa shape index (κ2) is 8.34. The van der Waals surface area contributed by atoms with Crippen molar-refractivity contribution in [2.45, 2.75) is 13.5 Å². The number of thiophene rings is 1. The smallest absolute Gasteiger partial charge is 0.276 e. The fourth-order valence-electron chi connectivity index (χ4n) is 2.95. The molecule has 152 valence electrons. The summed E-state index contributed by atoms with van der Waals surface area (Å²) in [7, 11) is 1.67. The van der Waals surface area contributed by atoms with Gasteiger partial charge in [-0.15, -0.1) is 11.3 Å². The summed E-state index contributed by atoms with van der Waals surface area (Å²) in [6.07, 6.45) is 3.37. The molecule has 3 aromatic heterocycles. The highest BCUT2D eigenvalue weighted by molar-refractivity contribution is 7.12. The molecule has 0 spiro atoms. The number of aryl methyl sites for hydroxylation is 2. The van der Waals surface area contributed by atoms with E-state index in [4.69, 9.17) is 0 Å². The first-order chi connectivity index (χ1) is 14.5. The Bertz CT molecular complexity index is 1190. The summed E-state index contributed by atoms with van der Waals surface area (Å²) < 4.78 is 3.23. The first-order valence-corrected chi connectivity index (χ1v) is 10.1. The Balaban J connectivity index is 1.41. The van der Waals surface area contributed by atoms with Crippen molar-refractivity contribution >= 4 is 34.7 Å². The van der Waals surface area contributed by atoms with Crippen molar-refractivity contribution in [3.63, 3.8) is 0 Å². The van der Waals surface area contributed by atoms with Gasteiger partial charge in [0.25, 0.3) is 11.8 Å². The van der Waals surface area contributed by atoms with E-state index in [2.05, 4.69) is 39.9 Å². The van der Waals surface area contributed by atoms with Gasteiger partial charge in [0.15, 0.2) is 5.69 Å². The van der Waals surface area contributed by atoms with Crippen molar-refractivity contribution in [3.8, 4) is 0 Å². The van der Waals surface area contributed by atoms with Crippen LogP contribution in [0.4, 0.5) is 11.5 Å². The van der Waals surface area contributed by atoms with Crippen LogP contribution in [0.5, 0.6) is 0 Å². The number of nitrogens with zero attached hydrogens (tertiary/aromatic N) is 4. The van der Waals surface area contributed by atoms with Crippen molar-refractivity contribution < 1.29 is 9.59 Å². The lowest BCUT2D eigenvalue weighted by Crippen LogP contribution is -2.13. The zero-order valence-corrected chi connectivity index (χ0v) is 17.3. The van der Waals surface area contributed by atoms with Crippen LogP contribution in [-0.2, 0) is 13.6 Å². The number of aromatic nitrogens is 4. The molecule has 0 atom stereocenters. The number of rotatable bonds is 6. The molecule has 3 heterocycles. The predicted octanol–water partition coefficient (Wildman–Crippen LogP) is 3.54. The fraction of sp³-hybridized carbons (Fsp3) is 0.143. The van der Waals surface area contributed by atoms with Gasteiger partial charge in [0, 0.05) is 19.3 Å². The van der Waals surface area contributed by atoms with Gasteiger partial charge in [0.2, 0.25) is 0 Å². The third-order valence-corrected chi connectivity index (χ3v) is 5.45. The van der Waals surface area contributed by atoms with Crippen LogP contribution in [0.15, 0.2) is 60.2 Å². The monoisotopic (exact) mass is 420 g/mol. The van der Waals surface area contributed by atoms with Crippen molar-refractivity contribution in [1.29, 1.82) is 0 Å². The molecule has 8 nitrogen and oxygen atoms in total. The molecule has 0 saturated heterocycles. The lowest BCUT2D eigenvalue weighted by molar-refractivity contribution is 0.101. The Morgan fingerprint density at radius 2 is 1.93 bits per heavy atom. The molecule has 0 fully saturated rings. The third kappa shape index (κ3) is 4.31. The van der Waals surface area contributed by atoms with Crippen molar-refractivity contribution in [2.75, 3.05) is 10.6 Å². The Kier molecular flexibility index (Phi) is 5.44. The van der Waals surface area contributed by atoms with E-state index in [0.717, 1.165) is 5.56 Å². The fourth-order valence-corrected chi connectivity index (χ4v) is 3.57. The molecule has 4 aromatic rings. The lowest BCUT2D eigenvalue weighted by Gasteiger charge is -2.05. The maximum atomic E-state index is 12.6. The van der Waals surface area contributed by atoms with E-state index in [9.17, 15) is 9.59 Å². The standard InChI is InChI=1S/C21H20N6O2S/c1-14-6-3-4-7-15(14)12-27-13-16(11-22-27)23-20(28)17-10-19(26(2)25-17)24-21(29)18-8-5-9-30-18/h3-11,13H,12H2,1-2H3,(H,23,28)(H,24,29). The van der Waals surface area contributed by atoms with Gasteiger partial charge in [-0.1, -0.05) is 30.3 Å². The van der Waals surface area contributed by atoms with Gasteiger partial charge >= 0.3 is 0 Å². The van der Waals surface area contributed by atoms with Gasteiger partial charge in [-0.2, -0.15) is 10.2 Å². The van der Waals surface area contributed by atoms with Crippen LogP contribution in [0.1, 0.15) is 31.3 Å². The normalized spacial score (nSPS) is 10.7. The van der Waals surface area contributed by atoms with Gasteiger partial charge in [0.1, 0.15) is 5.82 Å². The minimum atomic E-state index is -0.377. The van der Waals surface area contributed by atoms with Gasteiger partial charge < -0.3 is 10.6 Å². The molecule has 2 amide bonds. The van der Waals surface area contributed by atoms with E-state index in [1.54, 1.807) is 42.3 Å². The highest BCUT2D eigenvalue weighted by Crippen LogP contribution is 2.16.